The van der Waals surface area contributed by atoms with Gasteiger partial charge < -0.3 is 19.9 Å². The Bertz CT molecular complexity index is 1360. The van der Waals surface area contributed by atoms with Gasteiger partial charge in [0.25, 0.3) is 0 Å². The molecule has 0 amide bonds. The molecule has 0 aliphatic carbocycles. The van der Waals surface area contributed by atoms with Gasteiger partial charge in [-0.25, -0.2) is 14.4 Å². The van der Waals surface area contributed by atoms with E-state index >= 15 is 4.39 Å². The number of pyridine rings is 1. The molecular weight excluding hydrogens is 472 g/mol. The van der Waals surface area contributed by atoms with Gasteiger partial charge in [-0.1, -0.05) is 24.8 Å². The number of fused-ring (bicyclic) bond motifs is 4. The first-order valence-corrected chi connectivity index (χ1v) is 12.3. The molecule has 0 saturated carbocycles. The lowest BCUT2D eigenvalue weighted by atomic mass is 9.77. The summed E-state index contributed by atoms with van der Waals surface area (Å²) in [6.45, 7) is 3.68. The fourth-order valence-electron chi connectivity index (χ4n) is 4.79. The molecule has 6 rings (SSSR count). The molecule has 0 unspecified atom stereocenters. The molecule has 1 saturated heterocycles. The fourth-order valence-corrected chi connectivity index (χ4v) is 5.62. The second-order valence-electron chi connectivity index (χ2n) is 9.44. The van der Waals surface area contributed by atoms with Crippen LogP contribution < -0.4 is 15.2 Å². The zero-order chi connectivity index (χ0) is 24.2. The zero-order valence-corrected chi connectivity index (χ0v) is 19.8. The van der Waals surface area contributed by atoms with Crippen LogP contribution in [0.1, 0.15) is 24.5 Å². The summed E-state index contributed by atoms with van der Waals surface area (Å²) in [4.78, 5) is 8.63. The Kier molecular flexibility index (Phi) is 5.23. The number of ether oxygens (including phenoxy) is 3. The van der Waals surface area contributed by atoms with Crippen LogP contribution in [0.15, 0.2) is 53.7 Å². The van der Waals surface area contributed by atoms with Crippen LogP contribution in [0.3, 0.4) is 0 Å². The van der Waals surface area contributed by atoms with Crippen molar-refractivity contribution in [2.75, 3.05) is 25.6 Å². The van der Waals surface area contributed by atoms with E-state index in [1.807, 2.05) is 6.07 Å². The zero-order valence-electron chi connectivity index (χ0n) is 19.0. The molecule has 4 heterocycles. The average Bonchev–Trinajstić information content (AvgIpc) is 2.83. The summed E-state index contributed by atoms with van der Waals surface area (Å²) in [5, 5.41) is 0.402. The number of hydrogen-bond acceptors (Lipinski definition) is 7. The van der Waals surface area contributed by atoms with Crippen LogP contribution in [-0.4, -0.2) is 35.7 Å². The molecule has 9 heteroatoms. The van der Waals surface area contributed by atoms with E-state index in [9.17, 15) is 4.39 Å². The first kappa shape index (κ1) is 22.3. The van der Waals surface area contributed by atoms with Crippen molar-refractivity contribution in [3.63, 3.8) is 0 Å². The Hall–Kier alpha value is -3.17. The third kappa shape index (κ3) is 3.73. The van der Waals surface area contributed by atoms with E-state index < -0.39 is 17.3 Å². The van der Waals surface area contributed by atoms with Crippen molar-refractivity contribution in [1.82, 2.24) is 4.98 Å². The van der Waals surface area contributed by atoms with Crippen LogP contribution in [-0.2, 0) is 10.3 Å². The second-order valence-corrected chi connectivity index (χ2v) is 10.6. The first-order valence-electron chi connectivity index (χ1n) is 11.3. The first-order chi connectivity index (χ1) is 16.9. The van der Waals surface area contributed by atoms with Gasteiger partial charge in [0.15, 0.2) is 16.7 Å². The number of thioether (sulfide) groups is 1. The fraction of sp³-hybridized carbons (Fsp3) is 0.308. The van der Waals surface area contributed by atoms with E-state index in [4.69, 9.17) is 24.9 Å². The van der Waals surface area contributed by atoms with E-state index in [-0.39, 0.29) is 11.2 Å². The highest BCUT2D eigenvalue weighted by atomic mass is 32.2. The minimum atomic E-state index is -0.989. The Labute approximate surface area is 205 Å². The van der Waals surface area contributed by atoms with Gasteiger partial charge in [-0.3, -0.25) is 0 Å². The largest absolute Gasteiger partial charge is 0.493 e. The van der Waals surface area contributed by atoms with Gasteiger partial charge in [0, 0.05) is 40.1 Å². The molecule has 1 aromatic heterocycles. The molecule has 6 nitrogen and oxygen atoms in total. The molecule has 1 fully saturated rings. The molecule has 1 atom stereocenters. The van der Waals surface area contributed by atoms with Gasteiger partial charge in [-0.15, -0.1) is 0 Å². The number of hydrogen-bond donors (Lipinski definition) is 1. The Morgan fingerprint density at radius 2 is 2.00 bits per heavy atom. The summed E-state index contributed by atoms with van der Waals surface area (Å²) < 4.78 is 47.2. The Morgan fingerprint density at radius 3 is 2.74 bits per heavy atom. The molecule has 2 aromatic carbocycles. The van der Waals surface area contributed by atoms with E-state index in [0.717, 1.165) is 0 Å². The highest BCUT2D eigenvalue weighted by Crippen LogP contribution is 2.55. The third-order valence-corrected chi connectivity index (χ3v) is 7.47. The molecule has 0 radical (unpaired) electrons. The predicted molar refractivity (Wildman–Crippen MR) is 130 cm³/mol. The molecule has 3 aromatic rings. The number of halogens is 2. The number of benzene rings is 2. The van der Waals surface area contributed by atoms with Crippen molar-refractivity contribution < 1.29 is 23.0 Å². The van der Waals surface area contributed by atoms with Gasteiger partial charge in [0.05, 0.1) is 19.8 Å². The van der Waals surface area contributed by atoms with E-state index in [2.05, 4.69) is 11.9 Å². The molecule has 180 valence electrons. The van der Waals surface area contributed by atoms with Crippen molar-refractivity contribution >= 4 is 16.9 Å². The van der Waals surface area contributed by atoms with Crippen LogP contribution >= 0.6 is 11.8 Å². The number of nitrogens with two attached hydrogens (primary N) is 1. The topological polar surface area (TPSA) is 79.0 Å². The van der Waals surface area contributed by atoms with Crippen molar-refractivity contribution in [1.29, 1.82) is 0 Å². The summed E-state index contributed by atoms with van der Waals surface area (Å²) in [5.41, 5.74) is 7.35. The number of amidine groups is 1. The molecular formula is C26H23F2N3O3S. The lowest BCUT2D eigenvalue weighted by Gasteiger charge is -2.40. The van der Waals surface area contributed by atoms with Crippen molar-refractivity contribution in [3.05, 3.63) is 71.6 Å². The van der Waals surface area contributed by atoms with E-state index in [1.54, 1.807) is 30.3 Å². The van der Waals surface area contributed by atoms with Crippen molar-refractivity contribution in [2.45, 2.75) is 18.9 Å². The van der Waals surface area contributed by atoms with Crippen LogP contribution in [0.5, 0.6) is 17.2 Å². The smallest absolute Gasteiger partial charge is 0.220 e. The maximum Gasteiger partial charge on any atom is 0.220 e. The minimum Gasteiger partial charge on any atom is -0.493 e. The van der Waals surface area contributed by atoms with Gasteiger partial charge in [0.2, 0.25) is 5.95 Å². The third-order valence-electron chi connectivity index (χ3n) is 6.67. The molecule has 3 aliphatic heterocycles. The molecule has 35 heavy (non-hydrogen) atoms. The normalized spacial score (nSPS) is 21.9. The van der Waals surface area contributed by atoms with Gasteiger partial charge in [-0.2, -0.15) is 4.39 Å². The van der Waals surface area contributed by atoms with E-state index in [0.29, 0.717) is 70.9 Å². The Morgan fingerprint density at radius 1 is 1.14 bits per heavy atom. The van der Waals surface area contributed by atoms with Gasteiger partial charge in [0.1, 0.15) is 17.0 Å². The number of aromatic nitrogens is 1. The molecule has 3 aliphatic rings. The molecule has 0 bridgehead atoms. The van der Waals surface area contributed by atoms with Crippen LogP contribution in [0.4, 0.5) is 8.78 Å². The number of nitrogens with zero attached hydrogens (tertiary/aromatic N) is 2. The lowest BCUT2D eigenvalue weighted by Crippen LogP contribution is -2.44. The standard InChI is InChI=1S/C26H23F2N3O3S/c1-25(12-32-13-25)14-33-16-10-19-22(20(27)11-16)34-21-5-4-15(17-3-2-7-30-23(17)28)9-18(21)26(19)6-8-35-24(29)31-26/h2-5,7,9-11H,6,8,12-14H2,1H3,(H2,29,31)/t26-/m1/s1. The molecule has 1 spiro atoms. The number of rotatable bonds is 4. The summed E-state index contributed by atoms with van der Waals surface area (Å²) in [5.74, 6) is 0.527. The number of aliphatic imine (C=N–C) groups is 1. The average molecular weight is 496 g/mol. The van der Waals surface area contributed by atoms with Crippen LogP contribution in [0.2, 0.25) is 0 Å². The highest BCUT2D eigenvalue weighted by molar-refractivity contribution is 8.13. The van der Waals surface area contributed by atoms with Crippen LogP contribution in [0.25, 0.3) is 11.1 Å². The summed E-state index contributed by atoms with van der Waals surface area (Å²) in [6, 6.07) is 11.8. The maximum atomic E-state index is 15.4. The summed E-state index contributed by atoms with van der Waals surface area (Å²) in [6.07, 6.45) is 1.97. The quantitative estimate of drug-likeness (QED) is 0.499. The van der Waals surface area contributed by atoms with Crippen LogP contribution in [0, 0.1) is 17.2 Å². The Balaban J connectivity index is 1.49. The maximum absolute atomic E-state index is 15.4. The minimum absolute atomic E-state index is 0.0973. The molecule has 2 N–H and O–H groups in total. The van der Waals surface area contributed by atoms with Crippen molar-refractivity contribution in [3.8, 4) is 28.4 Å². The highest BCUT2D eigenvalue weighted by Gasteiger charge is 2.46. The predicted octanol–water partition coefficient (Wildman–Crippen LogP) is 5.24. The van der Waals surface area contributed by atoms with E-state index in [1.165, 1.54) is 24.0 Å². The second kappa shape index (κ2) is 8.20. The summed E-state index contributed by atoms with van der Waals surface area (Å²) >= 11 is 1.45. The van der Waals surface area contributed by atoms with Gasteiger partial charge >= 0.3 is 0 Å². The van der Waals surface area contributed by atoms with Gasteiger partial charge in [-0.05, 0) is 42.3 Å². The summed E-state index contributed by atoms with van der Waals surface area (Å²) in [7, 11) is 0. The van der Waals surface area contributed by atoms with Crippen molar-refractivity contribution in [2.24, 2.45) is 16.1 Å². The monoisotopic (exact) mass is 495 g/mol. The SMILES string of the molecule is CC1(COc2cc(F)c3c(c2)[C@@]2(CCSC(N)=N2)c2cc(-c4cccnc4F)ccc2O3)COC1. The lowest BCUT2D eigenvalue weighted by molar-refractivity contribution is -0.120.